The van der Waals surface area contributed by atoms with Crippen molar-refractivity contribution in [3.8, 4) is 0 Å². The fourth-order valence-corrected chi connectivity index (χ4v) is 11.8. The number of nitrogens with two attached hydrogens (primary N) is 1. The number of hydrogen-bond donors (Lipinski definition) is 5. The molecular weight excluding hydrogens is 600 g/mol. The third-order valence-corrected chi connectivity index (χ3v) is 16.1. The van der Waals surface area contributed by atoms with Crippen molar-refractivity contribution in [2.45, 2.75) is 152 Å². The Labute approximate surface area is 292 Å². The molecule has 12 atom stereocenters. The maximum atomic E-state index is 13.4. The van der Waals surface area contributed by atoms with E-state index in [1.54, 1.807) is 4.90 Å². The summed E-state index contributed by atoms with van der Waals surface area (Å²) < 4.78 is 6.88. The second kappa shape index (κ2) is 12.5. The van der Waals surface area contributed by atoms with Crippen LogP contribution < -0.4 is 5.73 Å². The molecule has 4 aliphatic carbocycles. The first-order valence-electron chi connectivity index (χ1n) is 18.7. The van der Waals surface area contributed by atoms with E-state index in [-0.39, 0.29) is 46.1 Å². The molecule has 0 heterocycles. The second-order valence-electron chi connectivity index (χ2n) is 19.6. The van der Waals surface area contributed by atoms with Gasteiger partial charge in [0.05, 0.1) is 43.5 Å². The molecule has 4 rings (SSSR count). The van der Waals surface area contributed by atoms with Crippen LogP contribution in [0.4, 0.5) is 0 Å². The fraction of sp³-hybridized carbons (Fsp3) is 0.875. The monoisotopic (exact) mass is 671 g/mol. The van der Waals surface area contributed by atoms with Crippen molar-refractivity contribution in [1.82, 2.24) is 4.90 Å². The van der Waals surface area contributed by atoms with E-state index in [1.807, 2.05) is 13.8 Å². The molecule has 0 amide bonds. The van der Waals surface area contributed by atoms with Crippen molar-refractivity contribution < 1.29 is 19.7 Å². The molecule has 8 heteroatoms. The first kappa shape index (κ1) is 39.0. The van der Waals surface area contributed by atoms with E-state index in [1.165, 1.54) is 18.3 Å². The lowest BCUT2D eigenvalue weighted by molar-refractivity contribution is -0.214. The third-order valence-electron chi connectivity index (χ3n) is 16.1. The predicted octanol–water partition coefficient (Wildman–Crippen LogP) is 7.98. The Morgan fingerprint density at radius 3 is 2.10 bits per heavy atom. The molecule has 0 unspecified atom stereocenters. The summed E-state index contributed by atoms with van der Waals surface area (Å²) >= 11 is 0. The number of allylic oxidation sites excluding steroid dienone is 1. The Kier molecular flexibility index (Phi) is 10.1. The van der Waals surface area contributed by atoms with Gasteiger partial charge in [0.15, 0.2) is 0 Å². The van der Waals surface area contributed by atoms with Crippen molar-refractivity contribution in [2.75, 3.05) is 6.61 Å². The van der Waals surface area contributed by atoms with Crippen LogP contribution in [0.5, 0.6) is 0 Å². The lowest BCUT2D eigenvalue weighted by Gasteiger charge is -2.71. The number of aliphatic carboxylic acids is 1. The Morgan fingerprint density at radius 1 is 1.04 bits per heavy atom. The summed E-state index contributed by atoms with van der Waals surface area (Å²) in [5.41, 5.74) is 5.27. The maximum absolute atomic E-state index is 13.4. The molecule has 48 heavy (non-hydrogen) atoms. The average Bonchev–Trinajstić information content (AvgIpc) is 2.96. The minimum atomic E-state index is -0.678. The molecule has 0 spiro atoms. The van der Waals surface area contributed by atoms with Gasteiger partial charge < -0.3 is 25.6 Å². The fourth-order valence-electron chi connectivity index (χ4n) is 11.8. The number of carboxylic acid groups (broad SMARTS) is 1. The Balaban J connectivity index is 1.88. The van der Waals surface area contributed by atoms with Crippen LogP contribution in [0.2, 0.25) is 0 Å². The van der Waals surface area contributed by atoms with Gasteiger partial charge in [-0.1, -0.05) is 87.8 Å². The van der Waals surface area contributed by atoms with Gasteiger partial charge in [-0.25, -0.2) is 0 Å². The van der Waals surface area contributed by atoms with Gasteiger partial charge in [-0.15, -0.1) is 0 Å². The van der Waals surface area contributed by atoms with Crippen LogP contribution in [0.1, 0.15) is 129 Å². The van der Waals surface area contributed by atoms with Gasteiger partial charge in [-0.05, 0) is 103 Å². The molecule has 3 fully saturated rings. The smallest absolute Gasteiger partial charge is 0.307 e. The van der Waals surface area contributed by atoms with Crippen LogP contribution in [0.3, 0.4) is 0 Å². The highest BCUT2D eigenvalue weighted by molar-refractivity contribution is 5.73. The number of aliphatic hydroxyl groups is 1. The lowest BCUT2D eigenvalue weighted by Crippen LogP contribution is -2.70. The SMILES string of the molecule is CC(C)[C@@H](C)[C@@]1(C)CC[C@]2(C)[C@H]3CC[C@H]4C(C)(C)[C@@H](OC[C@](C)(N)C(C)(C)C)[C@H](N(C=N)C=N)C[C@]4([C@H](C)O)C3=CC[C@@]2(C)[C@@H]1C(=O)O. The zero-order valence-electron chi connectivity index (χ0n) is 32.5. The molecule has 0 saturated heterocycles. The number of carbonyl (C=O) groups is 1. The van der Waals surface area contributed by atoms with Crippen LogP contribution in [-0.4, -0.2) is 64.2 Å². The number of rotatable bonds is 10. The van der Waals surface area contributed by atoms with E-state index in [9.17, 15) is 15.0 Å². The molecule has 0 radical (unpaired) electrons. The second-order valence-corrected chi connectivity index (χ2v) is 19.6. The minimum absolute atomic E-state index is 0.0868. The van der Waals surface area contributed by atoms with E-state index in [0.717, 1.165) is 25.7 Å². The summed E-state index contributed by atoms with van der Waals surface area (Å²) in [5.74, 6) is -0.281. The zero-order chi connectivity index (χ0) is 36.6. The first-order chi connectivity index (χ1) is 21.8. The minimum Gasteiger partial charge on any atom is -0.481 e. The Bertz CT molecular complexity index is 1280. The van der Waals surface area contributed by atoms with Crippen molar-refractivity contribution in [3.63, 3.8) is 0 Å². The molecule has 8 nitrogen and oxygen atoms in total. The van der Waals surface area contributed by atoms with Gasteiger partial charge in [-0.2, -0.15) is 0 Å². The van der Waals surface area contributed by atoms with Gasteiger partial charge in [0.2, 0.25) is 0 Å². The quantitative estimate of drug-likeness (QED) is 0.0906. The average molecular weight is 671 g/mol. The highest BCUT2D eigenvalue weighted by Gasteiger charge is 2.71. The number of ether oxygens (including phenoxy) is 1. The van der Waals surface area contributed by atoms with E-state index in [4.69, 9.17) is 21.3 Å². The number of hydrogen-bond acceptors (Lipinski definition) is 6. The molecule has 0 aromatic rings. The molecule has 4 aliphatic rings. The first-order valence-corrected chi connectivity index (χ1v) is 18.7. The van der Waals surface area contributed by atoms with Crippen LogP contribution in [0.25, 0.3) is 0 Å². The number of nitrogens with zero attached hydrogens (tertiary/aromatic N) is 1. The molecule has 0 aliphatic heterocycles. The number of carboxylic acids is 1. The van der Waals surface area contributed by atoms with Gasteiger partial charge in [-0.3, -0.25) is 15.6 Å². The van der Waals surface area contributed by atoms with Crippen LogP contribution in [0.15, 0.2) is 11.6 Å². The van der Waals surface area contributed by atoms with Gasteiger partial charge in [0.25, 0.3) is 0 Å². The molecule has 0 aromatic carbocycles. The highest BCUT2D eigenvalue weighted by atomic mass is 16.5. The van der Waals surface area contributed by atoms with Crippen molar-refractivity contribution in [3.05, 3.63) is 11.6 Å². The molecule has 0 aromatic heterocycles. The summed E-state index contributed by atoms with van der Waals surface area (Å²) in [6.07, 6.45) is 8.66. The summed E-state index contributed by atoms with van der Waals surface area (Å²) in [5, 5.41) is 39.8. The third kappa shape index (κ3) is 5.44. The van der Waals surface area contributed by atoms with Crippen molar-refractivity contribution in [2.24, 2.45) is 67.8 Å². The van der Waals surface area contributed by atoms with Crippen LogP contribution in [-0.2, 0) is 9.53 Å². The maximum Gasteiger partial charge on any atom is 0.307 e. The summed E-state index contributed by atoms with van der Waals surface area (Å²) in [6, 6.07) is -0.356. The summed E-state index contributed by atoms with van der Waals surface area (Å²) in [7, 11) is 0. The number of aliphatic hydroxyl groups excluding tert-OH is 1. The lowest BCUT2D eigenvalue weighted by atomic mass is 9.34. The molecular formula is C40H70N4O4. The largest absolute Gasteiger partial charge is 0.481 e. The van der Waals surface area contributed by atoms with E-state index in [2.05, 4.69) is 82.2 Å². The number of nitrogens with one attached hydrogen (secondary N) is 2. The highest BCUT2D eigenvalue weighted by Crippen LogP contribution is 2.74. The van der Waals surface area contributed by atoms with Gasteiger partial charge >= 0.3 is 5.97 Å². The molecule has 0 bridgehead atoms. The molecule has 6 N–H and O–H groups in total. The molecule has 3 saturated carbocycles. The van der Waals surface area contributed by atoms with E-state index < -0.39 is 39.8 Å². The van der Waals surface area contributed by atoms with E-state index >= 15 is 0 Å². The van der Waals surface area contributed by atoms with Gasteiger partial charge in [0.1, 0.15) is 0 Å². The summed E-state index contributed by atoms with van der Waals surface area (Å²) in [6.45, 7) is 28.7. The zero-order valence-corrected chi connectivity index (χ0v) is 32.5. The van der Waals surface area contributed by atoms with Crippen LogP contribution >= 0.6 is 0 Å². The standard InChI is InChI=1S/C40H70N4O4/c1-24(2)25(3)36(10)18-19-37(11)27-14-15-30-35(8,9)32(48-21-39(13,43)34(5,6)7)29(44(22-41)23-42)20-40(30,26(4)45)28(27)16-17-38(37,12)31(36)33(46)47/h16,22-27,29-32,41-42,45H,14-15,17-21,43H2,1-13H3,(H,46,47)/t25-,26+,27+,29-,30+,31-,32+,36-,37-,38+,39+,40+/m1/s1. The van der Waals surface area contributed by atoms with Gasteiger partial charge in [0, 0.05) is 11.0 Å². The normalized spacial score (nSPS) is 41.8. The van der Waals surface area contributed by atoms with Crippen molar-refractivity contribution >= 4 is 18.6 Å². The van der Waals surface area contributed by atoms with Crippen molar-refractivity contribution in [1.29, 1.82) is 10.8 Å². The van der Waals surface area contributed by atoms with Crippen LogP contribution in [0, 0.1) is 72.9 Å². The summed E-state index contributed by atoms with van der Waals surface area (Å²) in [4.78, 5) is 15.1. The Morgan fingerprint density at radius 2 is 1.62 bits per heavy atom. The van der Waals surface area contributed by atoms with E-state index in [0.29, 0.717) is 25.4 Å². The molecule has 274 valence electrons. The Hall–Kier alpha value is -1.77. The predicted molar refractivity (Wildman–Crippen MR) is 195 cm³/mol. The number of fused-ring (bicyclic) bond motifs is 5. The topological polar surface area (TPSA) is 144 Å².